The molecule has 1 rings (SSSR count). The van der Waals surface area contributed by atoms with E-state index in [0.29, 0.717) is 5.02 Å². The molecule has 0 spiro atoms. The number of benzene rings is 1. The number of aliphatic hydroxyl groups excluding tert-OH is 1. The number of rotatable bonds is 3. The van der Waals surface area contributed by atoms with Gasteiger partial charge in [0.1, 0.15) is 5.75 Å². The molecular weight excluding hydrogens is 200 g/mol. The Morgan fingerprint density at radius 3 is 2.64 bits per heavy atom. The van der Waals surface area contributed by atoms with Gasteiger partial charge in [-0.05, 0) is 24.6 Å². The van der Waals surface area contributed by atoms with Crippen molar-refractivity contribution in [2.75, 3.05) is 13.7 Å². The summed E-state index contributed by atoms with van der Waals surface area (Å²) < 4.78 is 5.28. The predicted molar refractivity (Wildman–Crippen MR) is 58.2 cm³/mol. The van der Waals surface area contributed by atoms with Crippen LogP contribution >= 0.6 is 11.6 Å². The van der Waals surface area contributed by atoms with Crippen LogP contribution in [0.1, 0.15) is 24.0 Å². The molecule has 2 nitrogen and oxygen atoms in total. The summed E-state index contributed by atoms with van der Waals surface area (Å²) in [5, 5.41) is 9.77. The monoisotopic (exact) mass is 214 g/mol. The summed E-state index contributed by atoms with van der Waals surface area (Å²) in [6, 6.07) is 3.70. The normalized spacial score (nSPS) is 12.6. The van der Waals surface area contributed by atoms with Gasteiger partial charge in [-0.25, -0.2) is 0 Å². The van der Waals surface area contributed by atoms with Gasteiger partial charge in [0.15, 0.2) is 0 Å². The first kappa shape index (κ1) is 11.3. The number of aliphatic hydroxyl groups is 1. The van der Waals surface area contributed by atoms with Crippen LogP contribution in [0.25, 0.3) is 0 Å². The van der Waals surface area contributed by atoms with Crippen LogP contribution in [0.4, 0.5) is 0 Å². The predicted octanol–water partition coefficient (Wildman–Crippen LogP) is 2.75. The average molecular weight is 215 g/mol. The van der Waals surface area contributed by atoms with Crippen LogP contribution in [0.15, 0.2) is 12.1 Å². The van der Waals surface area contributed by atoms with Gasteiger partial charge >= 0.3 is 0 Å². The molecule has 0 radical (unpaired) electrons. The summed E-state index contributed by atoms with van der Waals surface area (Å²) in [6.07, 6.45) is 0. The summed E-state index contributed by atoms with van der Waals surface area (Å²) in [4.78, 5) is 0. The zero-order chi connectivity index (χ0) is 10.7. The minimum Gasteiger partial charge on any atom is -0.496 e. The van der Waals surface area contributed by atoms with Crippen molar-refractivity contribution in [3.05, 3.63) is 28.3 Å². The van der Waals surface area contributed by atoms with Gasteiger partial charge < -0.3 is 9.84 Å². The Labute approximate surface area is 89.5 Å². The molecule has 0 saturated heterocycles. The Kier molecular flexibility index (Phi) is 3.78. The number of hydrogen-bond donors (Lipinski definition) is 1. The highest BCUT2D eigenvalue weighted by atomic mass is 35.5. The maximum atomic E-state index is 9.09. The molecule has 0 aliphatic rings. The minimum absolute atomic E-state index is 0.0438. The first-order valence-electron chi connectivity index (χ1n) is 4.55. The molecule has 1 atom stereocenters. The molecule has 0 aliphatic carbocycles. The van der Waals surface area contributed by atoms with Gasteiger partial charge in [0.2, 0.25) is 0 Å². The molecule has 14 heavy (non-hydrogen) atoms. The Bertz CT molecular complexity index is 323. The largest absolute Gasteiger partial charge is 0.496 e. The van der Waals surface area contributed by atoms with Crippen molar-refractivity contribution in [3.63, 3.8) is 0 Å². The Morgan fingerprint density at radius 2 is 2.14 bits per heavy atom. The molecule has 0 aliphatic heterocycles. The van der Waals surface area contributed by atoms with Crippen molar-refractivity contribution in [1.82, 2.24) is 0 Å². The second kappa shape index (κ2) is 4.67. The fraction of sp³-hybridized carbons (Fsp3) is 0.455. The smallest absolute Gasteiger partial charge is 0.125 e. The second-order valence-corrected chi connectivity index (χ2v) is 3.87. The van der Waals surface area contributed by atoms with Gasteiger partial charge in [0.05, 0.1) is 7.11 Å². The van der Waals surface area contributed by atoms with Crippen molar-refractivity contribution in [3.8, 4) is 5.75 Å². The van der Waals surface area contributed by atoms with Gasteiger partial charge in [0.25, 0.3) is 0 Å². The third-order valence-electron chi connectivity index (χ3n) is 2.28. The van der Waals surface area contributed by atoms with E-state index in [1.807, 2.05) is 26.0 Å². The van der Waals surface area contributed by atoms with Crippen molar-refractivity contribution in [2.24, 2.45) is 0 Å². The van der Waals surface area contributed by atoms with Crippen molar-refractivity contribution >= 4 is 11.6 Å². The van der Waals surface area contributed by atoms with Crippen LogP contribution in [-0.2, 0) is 0 Å². The molecule has 0 fully saturated rings. The minimum atomic E-state index is 0.0438. The number of hydrogen-bond acceptors (Lipinski definition) is 2. The van der Waals surface area contributed by atoms with Crippen molar-refractivity contribution < 1.29 is 9.84 Å². The lowest BCUT2D eigenvalue weighted by molar-refractivity contribution is 0.269. The van der Waals surface area contributed by atoms with E-state index < -0.39 is 0 Å². The Morgan fingerprint density at radius 1 is 1.50 bits per heavy atom. The lowest BCUT2D eigenvalue weighted by atomic mass is 9.98. The van der Waals surface area contributed by atoms with E-state index in [4.69, 9.17) is 21.4 Å². The van der Waals surface area contributed by atoms with E-state index in [9.17, 15) is 0 Å². The topological polar surface area (TPSA) is 29.5 Å². The average Bonchev–Trinajstić information content (AvgIpc) is 2.15. The van der Waals surface area contributed by atoms with Crippen LogP contribution in [0.5, 0.6) is 5.75 Å². The third kappa shape index (κ3) is 2.20. The lowest BCUT2D eigenvalue weighted by Gasteiger charge is -2.16. The maximum absolute atomic E-state index is 9.09. The molecule has 3 heteroatoms. The van der Waals surface area contributed by atoms with Crippen LogP contribution < -0.4 is 4.74 Å². The summed E-state index contributed by atoms with van der Waals surface area (Å²) in [5.41, 5.74) is 1.95. The second-order valence-electron chi connectivity index (χ2n) is 3.43. The van der Waals surface area contributed by atoms with E-state index in [1.54, 1.807) is 7.11 Å². The lowest BCUT2D eigenvalue weighted by Crippen LogP contribution is -2.03. The molecule has 0 heterocycles. The molecule has 0 saturated carbocycles. The highest BCUT2D eigenvalue weighted by Crippen LogP contribution is 2.32. The number of aryl methyl sites for hydroxylation is 1. The number of halogens is 1. The summed E-state index contributed by atoms with van der Waals surface area (Å²) >= 11 is 5.94. The fourth-order valence-electron chi connectivity index (χ4n) is 1.50. The maximum Gasteiger partial charge on any atom is 0.125 e. The first-order valence-corrected chi connectivity index (χ1v) is 4.92. The summed E-state index contributed by atoms with van der Waals surface area (Å²) in [5.74, 6) is 0.860. The van der Waals surface area contributed by atoms with Gasteiger partial charge in [-0.15, -0.1) is 0 Å². The van der Waals surface area contributed by atoms with Gasteiger partial charge in [-0.1, -0.05) is 18.5 Å². The molecule has 78 valence electrons. The first-order chi connectivity index (χ1) is 6.60. The van der Waals surface area contributed by atoms with Crippen molar-refractivity contribution in [2.45, 2.75) is 19.8 Å². The molecule has 1 aromatic rings. The van der Waals surface area contributed by atoms with E-state index in [1.165, 1.54) is 0 Å². The van der Waals surface area contributed by atoms with Gasteiger partial charge in [0, 0.05) is 23.1 Å². The van der Waals surface area contributed by atoms with Gasteiger partial charge in [-0.2, -0.15) is 0 Å². The standard InChI is InChI=1S/C11H15ClO2/c1-7-4-9(12)5-10(8(2)6-13)11(7)14-3/h4-5,8,13H,6H2,1-3H3. The zero-order valence-corrected chi connectivity index (χ0v) is 9.43. The van der Waals surface area contributed by atoms with Crippen LogP contribution in [0.3, 0.4) is 0 Å². The molecule has 0 aromatic heterocycles. The quantitative estimate of drug-likeness (QED) is 0.839. The Hall–Kier alpha value is -0.730. The number of ether oxygens (including phenoxy) is 1. The Balaban J connectivity index is 3.24. The molecule has 1 N–H and O–H groups in total. The molecule has 0 bridgehead atoms. The van der Waals surface area contributed by atoms with E-state index in [0.717, 1.165) is 16.9 Å². The van der Waals surface area contributed by atoms with E-state index in [2.05, 4.69) is 0 Å². The SMILES string of the molecule is COc1c(C)cc(Cl)cc1C(C)CO. The van der Waals surface area contributed by atoms with E-state index in [-0.39, 0.29) is 12.5 Å². The molecule has 1 unspecified atom stereocenters. The number of methoxy groups -OCH3 is 1. The van der Waals surface area contributed by atoms with E-state index >= 15 is 0 Å². The third-order valence-corrected chi connectivity index (χ3v) is 2.50. The summed E-state index contributed by atoms with van der Waals surface area (Å²) in [7, 11) is 1.63. The molecular formula is C11H15ClO2. The fourth-order valence-corrected chi connectivity index (χ4v) is 1.78. The summed E-state index contributed by atoms with van der Waals surface area (Å²) in [6.45, 7) is 3.97. The van der Waals surface area contributed by atoms with Crippen molar-refractivity contribution in [1.29, 1.82) is 0 Å². The highest BCUT2D eigenvalue weighted by Gasteiger charge is 2.13. The molecule has 0 amide bonds. The van der Waals surface area contributed by atoms with Crippen LogP contribution in [-0.4, -0.2) is 18.8 Å². The highest BCUT2D eigenvalue weighted by molar-refractivity contribution is 6.30. The van der Waals surface area contributed by atoms with Gasteiger partial charge in [-0.3, -0.25) is 0 Å². The molecule has 1 aromatic carbocycles. The zero-order valence-electron chi connectivity index (χ0n) is 8.67. The van der Waals surface area contributed by atoms with Crippen LogP contribution in [0.2, 0.25) is 5.02 Å². The van der Waals surface area contributed by atoms with Crippen LogP contribution in [0, 0.1) is 6.92 Å².